The second-order valence-corrected chi connectivity index (χ2v) is 22.2. The third-order valence-corrected chi connectivity index (χ3v) is 15.5. The number of esters is 2. The van der Waals surface area contributed by atoms with Crippen molar-refractivity contribution >= 4 is 104 Å². The molecule has 2 atom stereocenters. The molecule has 9 rings (SSSR count). The largest absolute Gasteiger partial charge is 0.496 e. The predicted molar refractivity (Wildman–Crippen MR) is 346 cm³/mol. The van der Waals surface area contributed by atoms with Crippen molar-refractivity contribution in [3.05, 3.63) is 209 Å². The number of carbonyl (C=O) groups is 8. The van der Waals surface area contributed by atoms with Crippen molar-refractivity contribution in [2.24, 2.45) is 4.99 Å². The Hall–Kier alpha value is -10.8. The Morgan fingerprint density at radius 1 is 0.744 bits per heavy atom. The molecule has 0 fully saturated rings. The van der Waals surface area contributed by atoms with E-state index in [1.807, 2.05) is 103 Å². The van der Waals surface area contributed by atoms with Gasteiger partial charge in [0, 0.05) is 46.2 Å². The number of non-ortho nitro benzene ring substituents is 1. The van der Waals surface area contributed by atoms with Crippen LogP contribution in [0.15, 0.2) is 138 Å². The van der Waals surface area contributed by atoms with Gasteiger partial charge < -0.3 is 46.1 Å². The highest BCUT2D eigenvalue weighted by atomic mass is 32.1. The number of fused-ring (bicyclic) bond motifs is 1. The van der Waals surface area contributed by atoms with E-state index in [2.05, 4.69) is 46.9 Å². The molecular formula is C67H69N9O13S. The van der Waals surface area contributed by atoms with Crippen molar-refractivity contribution in [2.45, 2.75) is 86.7 Å². The molecule has 0 aliphatic carbocycles. The minimum absolute atomic E-state index is 0.00343. The van der Waals surface area contributed by atoms with Gasteiger partial charge >= 0.3 is 11.9 Å². The lowest BCUT2D eigenvalue weighted by Gasteiger charge is -2.26. The Bertz CT molecular complexity index is 3990. The third-order valence-electron chi connectivity index (χ3n) is 14.4. The van der Waals surface area contributed by atoms with Gasteiger partial charge in [-0.3, -0.25) is 44.2 Å². The first-order chi connectivity index (χ1) is 42.9. The maximum Gasteiger partial charge on any atom is 0.341 e. The molecule has 3 heterocycles. The summed E-state index contributed by atoms with van der Waals surface area (Å²) in [5.41, 5.74) is 10.8. The van der Waals surface area contributed by atoms with E-state index in [1.54, 1.807) is 43.3 Å². The number of amides is 5. The Balaban J connectivity index is 0.000000194. The molecule has 0 bridgehead atoms. The summed E-state index contributed by atoms with van der Waals surface area (Å²) in [6.07, 6.45) is 1.64. The van der Waals surface area contributed by atoms with Crippen LogP contribution in [0.5, 0.6) is 5.75 Å². The first-order valence-corrected chi connectivity index (χ1v) is 29.2. The first-order valence-electron chi connectivity index (χ1n) is 28.4. The summed E-state index contributed by atoms with van der Waals surface area (Å²) in [6, 6.07) is 34.2. The van der Waals surface area contributed by atoms with E-state index in [1.165, 1.54) is 68.0 Å². The molecule has 0 radical (unpaired) electrons. The highest BCUT2D eigenvalue weighted by Crippen LogP contribution is 2.34. The summed E-state index contributed by atoms with van der Waals surface area (Å²) >= 11 is 1.34. The van der Waals surface area contributed by atoms with Gasteiger partial charge in [0.1, 0.15) is 22.5 Å². The number of nitrogens with zero attached hydrogens (tertiary/aromatic N) is 2. The third kappa shape index (κ3) is 17.9. The van der Waals surface area contributed by atoms with E-state index < -0.39 is 40.8 Å². The molecule has 0 spiro atoms. The number of guanidine groups is 1. The number of carbonyl (C=O) groups excluding carboxylic acids is 8. The lowest BCUT2D eigenvalue weighted by Crippen LogP contribution is -2.45. The minimum atomic E-state index is -0.765. The molecule has 90 heavy (non-hydrogen) atoms. The lowest BCUT2D eigenvalue weighted by atomic mass is 9.92. The van der Waals surface area contributed by atoms with Crippen molar-refractivity contribution in [3.8, 4) is 5.75 Å². The van der Waals surface area contributed by atoms with E-state index in [0.29, 0.717) is 34.0 Å². The summed E-state index contributed by atoms with van der Waals surface area (Å²) in [7, 11) is 2.65. The number of hydrogen-bond acceptors (Lipinski definition) is 17. The summed E-state index contributed by atoms with van der Waals surface area (Å²) in [4.78, 5) is 116. The highest BCUT2D eigenvalue weighted by molar-refractivity contribution is 7.16. The lowest BCUT2D eigenvalue weighted by molar-refractivity contribution is -0.384. The van der Waals surface area contributed by atoms with Crippen LogP contribution in [0.3, 0.4) is 0 Å². The predicted octanol–water partition coefficient (Wildman–Crippen LogP) is 10.8. The minimum Gasteiger partial charge on any atom is -0.496 e. The maximum absolute atomic E-state index is 13.1. The number of nitro benzene ring substituents is 1. The van der Waals surface area contributed by atoms with Crippen LogP contribution in [0.2, 0.25) is 0 Å². The molecule has 0 saturated carbocycles. The number of ether oxygens (including phenoxy) is 3. The van der Waals surface area contributed by atoms with Crippen LogP contribution in [-0.2, 0) is 39.9 Å². The number of nitrogens with one attached hydrogen (secondary N) is 7. The number of aliphatic imine (C=N–C) groups is 1. The van der Waals surface area contributed by atoms with Gasteiger partial charge in [0.2, 0.25) is 23.7 Å². The maximum atomic E-state index is 13.1. The zero-order valence-electron chi connectivity index (χ0n) is 51.3. The monoisotopic (exact) mass is 1240 g/mol. The fourth-order valence-electron chi connectivity index (χ4n) is 9.17. The quantitative estimate of drug-likeness (QED) is 0.0205. The summed E-state index contributed by atoms with van der Waals surface area (Å²) in [6.45, 7) is 15.8. The van der Waals surface area contributed by atoms with Crippen LogP contribution in [-0.4, -0.2) is 91.1 Å². The number of anilines is 5. The van der Waals surface area contributed by atoms with Crippen molar-refractivity contribution in [3.63, 3.8) is 0 Å². The molecule has 7 aromatic rings. The summed E-state index contributed by atoms with van der Waals surface area (Å²) in [5, 5.41) is 31.3. The van der Waals surface area contributed by atoms with Crippen LogP contribution in [0.1, 0.15) is 100 Å². The smallest absolute Gasteiger partial charge is 0.341 e. The topological polar surface area (TPSA) is 304 Å². The van der Waals surface area contributed by atoms with Crippen molar-refractivity contribution in [2.75, 3.05) is 47.4 Å². The molecule has 22 nitrogen and oxygen atoms in total. The van der Waals surface area contributed by atoms with Crippen molar-refractivity contribution < 1.29 is 57.5 Å². The second-order valence-electron chi connectivity index (χ2n) is 21.0. The summed E-state index contributed by atoms with van der Waals surface area (Å²) < 4.78 is 15.0. The molecule has 2 aliphatic heterocycles. The molecule has 1 aromatic heterocycles. The number of nitro groups is 1. The second kappa shape index (κ2) is 30.7. The molecule has 0 saturated heterocycles. The van der Waals surface area contributed by atoms with E-state index in [0.717, 1.165) is 55.2 Å². The van der Waals surface area contributed by atoms with Crippen LogP contribution in [0.25, 0.3) is 6.08 Å². The number of para-hydroxylation sites is 1. The Morgan fingerprint density at radius 2 is 1.43 bits per heavy atom. The fraction of sp³-hybridized carbons (Fsp3) is 0.239. The molecule has 2 unspecified atom stereocenters. The van der Waals surface area contributed by atoms with Gasteiger partial charge in [-0.25, -0.2) is 14.6 Å². The number of hydrogen-bond donors (Lipinski definition) is 7. The van der Waals surface area contributed by atoms with Gasteiger partial charge in [0.15, 0.2) is 5.78 Å². The average Bonchev–Trinajstić information content (AvgIpc) is 1.90. The number of thiophene rings is 1. The van der Waals surface area contributed by atoms with Gasteiger partial charge in [-0.05, 0) is 161 Å². The number of ketones is 1. The average molecular weight is 1240 g/mol. The van der Waals surface area contributed by atoms with Gasteiger partial charge in [-0.15, -0.1) is 11.3 Å². The van der Waals surface area contributed by atoms with Gasteiger partial charge in [-0.1, -0.05) is 60.2 Å². The fourth-order valence-corrected chi connectivity index (χ4v) is 10.2. The number of aryl methyl sites for hydroxylation is 6. The molecule has 2 aliphatic rings. The zero-order chi connectivity index (χ0) is 65.3. The number of rotatable bonds is 16. The van der Waals surface area contributed by atoms with Crippen LogP contribution in [0, 0.1) is 58.6 Å². The Kier molecular flexibility index (Phi) is 22.8. The molecule has 6 aromatic carbocycles. The van der Waals surface area contributed by atoms with E-state index in [9.17, 15) is 48.5 Å². The van der Waals surface area contributed by atoms with Crippen molar-refractivity contribution in [1.29, 1.82) is 0 Å². The molecular weight excluding hydrogens is 1170 g/mol. The highest BCUT2D eigenvalue weighted by Gasteiger charge is 2.31. The number of benzene rings is 6. The van der Waals surface area contributed by atoms with Crippen LogP contribution < -0.4 is 42.0 Å². The van der Waals surface area contributed by atoms with Gasteiger partial charge in [-0.2, -0.15) is 0 Å². The standard InChI is InChI=1S/C25H21N3O7.C22H26N2O4S.C20H22N4O2/c1-34-22-12-4-3-11-20(22)23(29)27-21(14-16-7-5-10-19(13-16)28(32)33)24(30)26-18-9-6-8-17(15-18)25(31)35-2;1-6-28-22(27)20-13(4)14(5)29-21(20)24-19(26)10-17-18(25)9-15-7-11(2)12(3)8-16(15)23-17;1-12-4-7-15(8-5-12)22-20-23-17(11-18(25)24-20)19(26)21-16-9-6-13(2)14(3)10-16/h3-15H,1-2H3,(H,26,30)(H,27,29);7-8,17,23H,6,9-10H2,1-5H3,(H,24,26);4-10,17H,11H2,1-3H3,(H,21,26)(H2,22,23,24,25)/b21-14+;;. The molecule has 23 heteroatoms. The molecule has 7 N–H and O–H groups in total. The van der Waals surface area contributed by atoms with Crippen LogP contribution in [0.4, 0.5) is 33.4 Å². The first kappa shape index (κ1) is 66.7. The molecule has 5 amide bonds. The molecule has 466 valence electrons. The summed E-state index contributed by atoms with van der Waals surface area (Å²) in [5.74, 6) is -2.67. The van der Waals surface area contributed by atoms with Gasteiger partial charge in [0.05, 0.1) is 61.3 Å². The van der Waals surface area contributed by atoms with E-state index >= 15 is 0 Å². The van der Waals surface area contributed by atoms with Crippen molar-refractivity contribution in [1.82, 2.24) is 10.6 Å². The van der Waals surface area contributed by atoms with Crippen LogP contribution >= 0.6 is 11.3 Å². The Labute approximate surface area is 524 Å². The SMILES string of the molecule is CCOC(=O)c1c(NC(=O)CC2Nc3cc(C)c(C)cc3CC2=O)sc(C)c1C.COC(=O)c1cccc(NC(=O)/C(=C\c2cccc([N+](=O)[O-])c2)NC(=O)c2ccccc2OC)c1.Cc1ccc(NC2=NC(C(=O)Nc3ccc(C)c(C)c3)CC(=O)N2)cc1. The number of methoxy groups -OCH3 is 2. The van der Waals surface area contributed by atoms with Gasteiger partial charge in [0.25, 0.3) is 17.5 Å². The zero-order valence-corrected chi connectivity index (χ0v) is 52.1. The van der Waals surface area contributed by atoms with E-state index in [-0.39, 0.29) is 77.1 Å². The number of Topliss-reactive ketones (excluding diaryl/α,β-unsaturated/α-hetero) is 1. The normalized spacial score (nSPS) is 13.9. The Morgan fingerprint density at radius 3 is 2.13 bits per heavy atom. The van der Waals surface area contributed by atoms with E-state index in [4.69, 9.17) is 9.47 Å².